The SMILES string of the molecule is CC(C)CCC[C@@H](C)[C@H]1CCC2=C3CC[C@]4(C#N)CCCC[C@]4(C)[C@H]3CC[C@@]21C. The van der Waals surface area contributed by atoms with Gasteiger partial charge in [-0.25, -0.2) is 0 Å². The Labute approximate surface area is 180 Å². The van der Waals surface area contributed by atoms with Crippen LogP contribution in [-0.2, 0) is 0 Å². The minimum atomic E-state index is -0.0319. The Morgan fingerprint density at radius 1 is 0.966 bits per heavy atom. The monoisotopic (exact) mass is 395 g/mol. The van der Waals surface area contributed by atoms with Crippen molar-refractivity contribution in [3.05, 3.63) is 11.1 Å². The fourth-order valence-electron chi connectivity index (χ4n) is 8.76. The molecule has 1 heteroatoms. The molecule has 0 saturated heterocycles. The van der Waals surface area contributed by atoms with Gasteiger partial charge in [0.2, 0.25) is 0 Å². The summed E-state index contributed by atoms with van der Waals surface area (Å²) < 4.78 is 0. The quantitative estimate of drug-likeness (QED) is 0.428. The zero-order chi connectivity index (χ0) is 20.9. The number of hydrogen-bond acceptors (Lipinski definition) is 1. The summed E-state index contributed by atoms with van der Waals surface area (Å²) in [5, 5.41) is 10.2. The van der Waals surface area contributed by atoms with Gasteiger partial charge in [-0.15, -0.1) is 0 Å². The highest BCUT2D eigenvalue weighted by atomic mass is 14.6. The zero-order valence-electron chi connectivity index (χ0n) is 19.9. The lowest BCUT2D eigenvalue weighted by Crippen LogP contribution is -2.52. The molecule has 29 heavy (non-hydrogen) atoms. The van der Waals surface area contributed by atoms with E-state index >= 15 is 0 Å². The number of nitrogens with zero attached hydrogens (tertiary/aromatic N) is 1. The van der Waals surface area contributed by atoms with Crippen molar-refractivity contribution in [2.75, 3.05) is 0 Å². The molecule has 0 aromatic rings. The highest BCUT2D eigenvalue weighted by molar-refractivity contribution is 5.37. The number of allylic oxidation sites excluding steroid dienone is 2. The third-order valence-corrected chi connectivity index (χ3v) is 10.5. The molecule has 4 aliphatic carbocycles. The maximum atomic E-state index is 10.2. The molecule has 0 heterocycles. The smallest absolute Gasteiger partial charge is 0.0695 e. The minimum Gasteiger partial charge on any atom is -0.198 e. The van der Waals surface area contributed by atoms with Gasteiger partial charge in [-0.1, -0.05) is 77.9 Å². The third-order valence-electron chi connectivity index (χ3n) is 10.5. The predicted molar refractivity (Wildman–Crippen MR) is 122 cm³/mol. The van der Waals surface area contributed by atoms with Gasteiger partial charge in [-0.3, -0.25) is 0 Å². The van der Waals surface area contributed by atoms with E-state index in [0.717, 1.165) is 30.6 Å². The molecule has 0 unspecified atom stereocenters. The number of rotatable bonds is 5. The fraction of sp³-hybridized carbons (Fsp3) is 0.893. The van der Waals surface area contributed by atoms with Crippen LogP contribution in [0.4, 0.5) is 0 Å². The molecule has 0 radical (unpaired) electrons. The zero-order valence-corrected chi connectivity index (χ0v) is 19.9. The first-order chi connectivity index (χ1) is 13.8. The Hall–Kier alpha value is -0.770. The maximum absolute atomic E-state index is 10.2. The molecule has 0 bridgehead atoms. The molecular weight excluding hydrogens is 350 g/mol. The van der Waals surface area contributed by atoms with Crippen LogP contribution < -0.4 is 0 Å². The van der Waals surface area contributed by atoms with Crippen molar-refractivity contribution < 1.29 is 0 Å². The first-order valence-electron chi connectivity index (χ1n) is 12.9. The summed E-state index contributed by atoms with van der Waals surface area (Å²) in [6.07, 6.45) is 17.1. The van der Waals surface area contributed by atoms with E-state index < -0.39 is 0 Å². The van der Waals surface area contributed by atoms with Gasteiger partial charge >= 0.3 is 0 Å². The summed E-state index contributed by atoms with van der Waals surface area (Å²) in [7, 11) is 0. The second-order valence-electron chi connectivity index (χ2n) is 12.3. The van der Waals surface area contributed by atoms with Gasteiger partial charge in [-0.2, -0.15) is 5.26 Å². The second-order valence-corrected chi connectivity index (χ2v) is 12.3. The molecule has 0 N–H and O–H groups in total. The second kappa shape index (κ2) is 7.73. The van der Waals surface area contributed by atoms with E-state index in [1.165, 1.54) is 70.6 Å². The number of fused-ring (bicyclic) bond motifs is 4. The van der Waals surface area contributed by atoms with E-state index in [1.807, 2.05) is 11.1 Å². The van der Waals surface area contributed by atoms with Crippen molar-refractivity contribution in [2.45, 2.75) is 118 Å². The highest BCUT2D eigenvalue weighted by Gasteiger charge is 2.60. The molecule has 0 spiro atoms. The molecular formula is C28H45N. The molecule has 3 fully saturated rings. The molecule has 4 rings (SSSR count). The van der Waals surface area contributed by atoms with Gasteiger partial charge in [0, 0.05) is 0 Å². The fourth-order valence-corrected chi connectivity index (χ4v) is 8.76. The van der Waals surface area contributed by atoms with Gasteiger partial charge in [0.1, 0.15) is 0 Å². The standard InChI is InChI=1S/C28H45N/c1-20(2)9-8-10-21(3)23-11-12-24-22-13-18-28(19-29)16-7-6-15-27(28,5)25(22)14-17-26(23,24)4/h20-21,23,25H,6-18H2,1-5H3/t21-,23-,25+,26-,27-,28+/m1/s1. The summed E-state index contributed by atoms with van der Waals surface area (Å²) in [5.74, 6) is 3.29. The van der Waals surface area contributed by atoms with E-state index in [1.54, 1.807) is 0 Å². The van der Waals surface area contributed by atoms with Crippen LogP contribution in [0.1, 0.15) is 118 Å². The van der Waals surface area contributed by atoms with Crippen LogP contribution in [0.25, 0.3) is 0 Å². The van der Waals surface area contributed by atoms with Gasteiger partial charge in [-0.05, 0) is 85.9 Å². The normalized spacial score (nSPS) is 42.8. The van der Waals surface area contributed by atoms with E-state index in [2.05, 4.69) is 40.7 Å². The number of hydrogen-bond donors (Lipinski definition) is 0. The van der Waals surface area contributed by atoms with Crippen LogP contribution in [0.3, 0.4) is 0 Å². The molecule has 162 valence electrons. The molecule has 1 nitrogen and oxygen atoms in total. The van der Waals surface area contributed by atoms with Crippen LogP contribution in [0.15, 0.2) is 11.1 Å². The van der Waals surface area contributed by atoms with Gasteiger partial charge in [0.15, 0.2) is 0 Å². The van der Waals surface area contributed by atoms with E-state index in [-0.39, 0.29) is 10.8 Å². The Kier molecular flexibility index (Phi) is 5.72. The molecule has 0 aromatic carbocycles. The first-order valence-corrected chi connectivity index (χ1v) is 12.9. The lowest BCUT2D eigenvalue weighted by molar-refractivity contribution is -0.0369. The summed E-state index contributed by atoms with van der Waals surface area (Å²) in [6, 6.07) is 2.90. The molecule has 3 saturated carbocycles. The summed E-state index contributed by atoms with van der Waals surface area (Å²) >= 11 is 0. The van der Waals surface area contributed by atoms with Crippen molar-refractivity contribution in [3.8, 4) is 6.07 Å². The molecule has 4 aliphatic rings. The largest absolute Gasteiger partial charge is 0.198 e. The van der Waals surface area contributed by atoms with Crippen molar-refractivity contribution in [1.82, 2.24) is 0 Å². The Morgan fingerprint density at radius 2 is 1.72 bits per heavy atom. The summed E-state index contributed by atoms with van der Waals surface area (Å²) in [4.78, 5) is 0. The lowest BCUT2D eigenvalue weighted by Gasteiger charge is -2.59. The van der Waals surface area contributed by atoms with Crippen molar-refractivity contribution in [1.29, 1.82) is 5.26 Å². The molecule has 0 amide bonds. The summed E-state index contributed by atoms with van der Waals surface area (Å²) in [6.45, 7) is 12.4. The van der Waals surface area contributed by atoms with Crippen LogP contribution in [-0.4, -0.2) is 0 Å². The van der Waals surface area contributed by atoms with Crippen molar-refractivity contribution in [3.63, 3.8) is 0 Å². The van der Waals surface area contributed by atoms with Crippen LogP contribution >= 0.6 is 0 Å². The Balaban J connectivity index is 1.59. The maximum Gasteiger partial charge on any atom is 0.0695 e. The van der Waals surface area contributed by atoms with Crippen molar-refractivity contribution >= 4 is 0 Å². The van der Waals surface area contributed by atoms with E-state index in [4.69, 9.17) is 0 Å². The highest BCUT2D eigenvalue weighted by Crippen LogP contribution is 2.69. The van der Waals surface area contributed by atoms with Gasteiger partial charge in [0.25, 0.3) is 0 Å². The van der Waals surface area contributed by atoms with Crippen LogP contribution in [0.2, 0.25) is 0 Å². The van der Waals surface area contributed by atoms with Gasteiger partial charge in [0.05, 0.1) is 11.5 Å². The molecule has 0 aliphatic heterocycles. The predicted octanol–water partition coefficient (Wildman–Crippen LogP) is 8.46. The van der Waals surface area contributed by atoms with Crippen LogP contribution in [0, 0.1) is 51.2 Å². The van der Waals surface area contributed by atoms with Crippen LogP contribution in [0.5, 0.6) is 0 Å². The average Bonchev–Trinajstić information content (AvgIpc) is 3.04. The van der Waals surface area contributed by atoms with Gasteiger partial charge < -0.3 is 0 Å². The molecule has 0 aromatic heterocycles. The third kappa shape index (κ3) is 3.23. The minimum absolute atomic E-state index is 0.0319. The number of nitriles is 1. The lowest BCUT2D eigenvalue weighted by atomic mass is 9.43. The van der Waals surface area contributed by atoms with E-state index in [9.17, 15) is 5.26 Å². The first kappa shape index (κ1) is 21.5. The summed E-state index contributed by atoms with van der Waals surface area (Å²) in [5.41, 5.74) is 4.40. The topological polar surface area (TPSA) is 23.8 Å². The van der Waals surface area contributed by atoms with E-state index in [0.29, 0.717) is 11.3 Å². The van der Waals surface area contributed by atoms with Crippen molar-refractivity contribution in [2.24, 2.45) is 39.9 Å². The Bertz CT molecular complexity index is 696. The average molecular weight is 396 g/mol. The molecule has 6 atom stereocenters. The Morgan fingerprint density at radius 3 is 2.45 bits per heavy atom.